The van der Waals surface area contributed by atoms with Crippen LogP contribution in [0.4, 0.5) is 11.5 Å². The molecule has 23 heavy (non-hydrogen) atoms. The highest BCUT2D eigenvalue weighted by atomic mass is 35.5. The second-order valence-electron chi connectivity index (χ2n) is 6.00. The van der Waals surface area contributed by atoms with E-state index in [-0.39, 0.29) is 30.7 Å². The summed E-state index contributed by atoms with van der Waals surface area (Å²) in [5, 5.41) is 6.28. The first-order valence-corrected chi connectivity index (χ1v) is 8.05. The van der Waals surface area contributed by atoms with Crippen LogP contribution >= 0.6 is 24.8 Å². The van der Waals surface area contributed by atoms with Gasteiger partial charge in [-0.25, -0.2) is 4.98 Å². The fourth-order valence-corrected chi connectivity index (χ4v) is 3.14. The van der Waals surface area contributed by atoms with E-state index in [9.17, 15) is 4.79 Å². The Morgan fingerprint density at radius 2 is 2.00 bits per heavy atom. The molecule has 3 rings (SSSR count). The molecule has 0 spiro atoms. The average molecular weight is 361 g/mol. The van der Waals surface area contributed by atoms with Crippen LogP contribution in [0.1, 0.15) is 38.5 Å². The molecule has 2 aliphatic rings. The van der Waals surface area contributed by atoms with Gasteiger partial charge in [0.25, 0.3) is 0 Å². The van der Waals surface area contributed by atoms with Crippen molar-refractivity contribution in [2.75, 3.05) is 29.9 Å². The minimum Gasteiger partial charge on any atom is -0.357 e. The summed E-state index contributed by atoms with van der Waals surface area (Å²) in [5.41, 5.74) is 0.791. The van der Waals surface area contributed by atoms with Gasteiger partial charge in [0.15, 0.2) is 0 Å². The summed E-state index contributed by atoms with van der Waals surface area (Å²) in [6, 6.07) is 4.30. The summed E-state index contributed by atoms with van der Waals surface area (Å²) >= 11 is 0. The van der Waals surface area contributed by atoms with Crippen molar-refractivity contribution in [3.8, 4) is 0 Å². The Hall–Kier alpha value is -1.04. The number of carbonyl (C=O) groups is 1. The molecule has 3 heterocycles. The second-order valence-corrected chi connectivity index (χ2v) is 6.00. The van der Waals surface area contributed by atoms with Gasteiger partial charge in [-0.3, -0.25) is 4.79 Å². The summed E-state index contributed by atoms with van der Waals surface area (Å²) in [4.78, 5) is 18.8. The van der Waals surface area contributed by atoms with Crippen LogP contribution in [0.2, 0.25) is 0 Å². The molecule has 2 fully saturated rings. The van der Waals surface area contributed by atoms with Crippen molar-refractivity contribution in [2.24, 2.45) is 0 Å². The molecule has 1 atom stereocenters. The highest BCUT2D eigenvalue weighted by Gasteiger charge is 2.18. The third-order valence-electron chi connectivity index (χ3n) is 4.31. The molecule has 0 saturated carbocycles. The molecule has 130 valence electrons. The topological polar surface area (TPSA) is 57.3 Å². The SMILES string of the molecule is Cl.Cl.O=C(CC1CCCN1)Nc1ccc(N2CCCCC2)nc1. The van der Waals surface area contributed by atoms with Gasteiger partial charge in [0.2, 0.25) is 5.91 Å². The predicted molar refractivity (Wildman–Crippen MR) is 99.1 cm³/mol. The maximum atomic E-state index is 12.0. The molecule has 0 aromatic carbocycles. The number of nitrogens with one attached hydrogen (secondary N) is 2. The molecule has 1 amide bonds. The molecular weight excluding hydrogens is 335 g/mol. The van der Waals surface area contributed by atoms with Crippen molar-refractivity contribution in [3.63, 3.8) is 0 Å². The van der Waals surface area contributed by atoms with E-state index in [1.165, 1.54) is 25.7 Å². The van der Waals surface area contributed by atoms with E-state index < -0.39 is 0 Å². The van der Waals surface area contributed by atoms with E-state index in [0.29, 0.717) is 12.5 Å². The Morgan fingerprint density at radius 1 is 1.22 bits per heavy atom. The number of hydrogen-bond acceptors (Lipinski definition) is 4. The van der Waals surface area contributed by atoms with Crippen LogP contribution in [0.3, 0.4) is 0 Å². The van der Waals surface area contributed by atoms with Gasteiger partial charge in [-0.2, -0.15) is 0 Å². The van der Waals surface area contributed by atoms with Crippen molar-refractivity contribution < 1.29 is 4.79 Å². The lowest BCUT2D eigenvalue weighted by Crippen LogP contribution is -2.30. The molecule has 1 unspecified atom stereocenters. The Labute approximate surface area is 150 Å². The maximum Gasteiger partial charge on any atom is 0.225 e. The average Bonchev–Trinajstić information content (AvgIpc) is 3.02. The highest BCUT2D eigenvalue weighted by Crippen LogP contribution is 2.19. The first kappa shape index (κ1) is 20.0. The summed E-state index contributed by atoms with van der Waals surface area (Å²) < 4.78 is 0. The van der Waals surface area contributed by atoms with Crippen LogP contribution in [0.15, 0.2) is 18.3 Å². The molecule has 2 saturated heterocycles. The largest absolute Gasteiger partial charge is 0.357 e. The standard InChI is InChI=1S/C16H24N4O.2ClH/c21-16(11-13-5-4-8-17-13)19-14-6-7-15(18-12-14)20-9-2-1-3-10-20;;/h6-7,12-13,17H,1-5,8-11H2,(H,19,21);2*1H. The fourth-order valence-electron chi connectivity index (χ4n) is 3.14. The molecule has 2 aliphatic heterocycles. The number of halogens is 2. The lowest BCUT2D eigenvalue weighted by atomic mass is 10.1. The molecule has 0 bridgehead atoms. The molecule has 2 N–H and O–H groups in total. The molecule has 0 aliphatic carbocycles. The number of pyridine rings is 1. The van der Waals surface area contributed by atoms with Crippen molar-refractivity contribution in [3.05, 3.63) is 18.3 Å². The molecule has 1 aromatic rings. The number of amides is 1. The van der Waals surface area contributed by atoms with Gasteiger partial charge in [-0.1, -0.05) is 0 Å². The van der Waals surface area contributed by atoms with Crippen LogP contribution in [0, 0.1) is 0 Å². The molecular formula is C16H26Cl2N4O. The van der Waals surface area contributed by atoms with Crippen LogP contribution in [-0.2, 0) is 4.79 Å². The van der Waals surface area contributed by atoms with Gasteiger partial charge in [-0.05, 0) is 50.8 Å². The Balaban J connectivity index is 0.00000132. The zero-order valence-electron chi connectivity index (χ0n) is 13.3. The summed E-state index contributed by atoms with van der Waals surface area (Å²) in [6.45, 7) is 3.21. The van der Waals surface area contributed by atoms with Crippen molar-refractivity contribution >= 4 is 42.2 Å². The second kappa shape index (κ2) is 9.96. The van der Waals surface area contributed by atoms with Gasteiger partial charge in [0.05, 0.1) is 11.9 Å². The fraction of sp³-hybridized carbons (Fsp3) is 0.625. The summed E-state index contributed by atoms with van der Waals surface area (Å²) in [6.07, 6.45) is 8.39. The number of piperidine rings is 1. The van der Waals surface area contributed by atoms with E-state index in [0.717, 1.165) is 37.6 Å². The highest BCUT2D eigenvalue weighted by molar-refractivity contribution is 5.91. The maximum absolute atomic E-state index is 12.0. The van der Waals surface area contributed by atoms with E-state index >= 15 is 0 Å². The zero-order chi connectivity index (χ0) is 14.5. The summed E-state index contributed by atoms with van der Waals surface area (Å²) in [5.74, 6) is 1.09. The van der Waals surface area contributed by atoms with Gasteiger partial charge in [0.1, 0.15) is 5.82 Å². The lowest BCUT2D eigenvalue weighted by Gasteiger charge is -2.27. The van der Waals surface area contributed by atoms with Gasteiger partial charge in [-0.15, -0.1) is 24.8 Å². The Morgan fingerprint density at radius 3 is 2.61 bits per heavy atom. The van der Waals surface area contributed by atoms with Crippen molar-refractivity contribution in [1.29, 1.82) is 0 Å². The molecule has 7 heteroatoms. The van der Waals surface area contributed by atoms with E-state index in [1.54, 1.807) is 6.20 Å². The predicted octanol–water partition coefficient (Wildman–Crippen LogP) is 3.00. The van der Waals surface area contributed by atoms with Gasteiger partial charge < -0.3 is 15.5 Å². The monoisotopic (exact) mass is 360 g/mol. The van der Waals surface area contributed by atoms with E-state index in [1.807, 2.05) is 12.1 Å². The number of nitrogens with zero attached hydrogens (tertiary/aromatic N) is 2. The third-order valence-corrected chi connectivity index (χ3v) is 4.31. The van der Waals surface area contributed by atoms with Crippen LogP contribution < -0.4 is 15.5 Å². The number of anilines is 2. The number of rotatable bonds is 4. The summed E-state index contributed by atoms with van der Waals surface area (Å²) in [7, 11) is 0. The van der Waals surface area contributed by atoms with Gasteiger partial charge in [0, 0.05) is 25.6 Å². The van der Waals surface area contributed by atoms with Crippen LogP contribution in [0.25, 0.3) is 0 Å². The van der Waals surface area contributed by atoms with Gasteiger partial charge >= 0.3 is 0 Å². The van der Waals surface area contributed by atoms with Crippen molar-refractivity contribution in [2.45, 2.75) is 44.6 Å². The number of aromatic nitrogens is 1. The Kier molecular flexibility index (Phi) is 8.66. The van der Waals surface area contributed by atoms with E-state index in [4.69, 9.17) is 0 Å². The van der Waals surface area contributed by atoms with Crippen LogP contribution in [-0.4, -0.2) is 36.6 Å². The molecule has 0 radical (unpaired) electrons. The smallest absolute Gasteiger partial charge is 0.225 e. The number of hydrogen-bond donors (Lipinski definition) is 2. The van der Waals surface area contributed by atoms with Crippen molar-refractivity contribution in [1.82, 2.24) is 10.3 Å². The van der Waals surface area contributed by atoms with Crippen LogP contribution in [0.5, 0.6) is 0 Å². The minimum atomic E-state index is 0. The third kappa shape index (κ3) is 5.83. The Bertz CT molecular complexity index is 471. The molecule has 1 aromatic heterocycles. The first-order valence-electron chi connectivity index (χ1n) is 8.05. The zero-order valence-corrected chi connectivity index (χ0v) is 14.9. The quantitative estimate of drug-likeness (QED) is 0.866. The first-order chi connectivity index (χ1) is 10.3. The normalized spacial score (nSPS) is 20.3. The van der Waals surface area contributed by atoms with E-state index in [2.05, 4.69) is 20.5 Å². The lowest BCUT2D eigenvalue weighted by molar-refractivity contribution is -0.116. The molecule has 5 nitrogen and oxygen atoms in total. The number of carbonyl (C=O) groups excluding carboxylic acids is 1. The minimum absolute atomic E-state index is 0.